The molecule has 0 aliphatic carbocycles. The number of hydrogen-bond donors (Lipinski definition) is 2. The van der Waals surface area contributed by atoms with Crippen LogP contribution in [0.2, 0.25) is 0 Å². The highest BCUT2D eigenvalue weighted by Gasteiger charge is 2.29. The number of piperidine rings is 1. The molecule has 1 amide bonds. The predicted molar refractivity (Wildman–Crippen MR) is 91.8 cm³/mol. The van der Waals surface area contributed by atoms with Gasteiger partial charge in [0, 0.05) is 19.0 Å². The summed E-state index contributed by atoms with van der Waals surface area (Å²) in [6.07, 6.45) is 2.30. The van der Waals surface area contributed by atoms with Crippen LogP contribution in [0.3, 0.4) is 0 Å². The molecule has 1 unspecified atom stereocenters. The molecule has 1 saturated heterocycles. The molecule has 2 aromatic rings. The molecule has 8 heteroatoms. The zero-order chi connectivity index (χ0) is 17.3. The first-order valence-corrected chi connectivity index (χ1v) is 9.89. The van der Waals surface area contributed by atoms with Gasteiger partial charge in [-0.25, -0.2) is 17.7 Å². The molecule has 2 N–H and O–H groups in total. The molecule has 0 spiro atoms. The second-order valence-corrected chi connectivity index (χ2v) is 8.29. The third kappa shape index (κ3) is 3.59. The van der Waals surface area contributed by atoms with Gasteiger partial charge < -0.3 is 10.3 Å². The van der Waals surface area contributed by atoms with Gasteiger partial charge in [-0.2, -0.15) is 0 Å². The molecule has 24 heavy (non-hydrogen) atoms. The van der Waals surface area contributed by atoms with E-state index in [-0.39, 0.29) is 17.9 Å². The number of nitrogens with zero attached hydrogens (tertiary/aromatic N) is 2. The first-order chi connectivity index (χ1) is 11.3. The summed E-state index contributed by atoms with van der Waals surface area (Å²) in [5.74, 6) is 0.518. The number of H-pyrrole nitrogens is 1. The van der Waals surface area contributed by atoms with E-state index in [1.807, 2.05) is 31.2 Å². The number of hydrogen-bond acceptors (Lipinski definition) is 4. The summed E-state index contributed by atoms with van der Waals surface area (Å²) in [6.45, 7) is 2.69. The van der Waals surface area contributed by atoms with E-state index < -0.39 is 10.0 Å². The van der Waals surface area contributed by atoms with Gasteiger partial charge in [0.1, 0.15) is 5.82 Å². The summed E-state index contributed by atoms with van der Waals surface area (Å²) in [5, 5.41) is 2.98. The highest BCUT2D eigenvalue weighted by Crippen LogP contribution is 2.21. The summed E-state index contributed by atoms with van der Waals surface area (Å²) in [7, 11) is -3.17. The minimum Gasteiger partial charge on any atom is -0.346 e. The van der Waals surface area contributed by atoms with Crippen LogP contribution in [0.4, 0.5) is 0 Å². The van der Waals surface area contributed by atoms with E-state index in [4.69, 9.17) is 0 Å². The molecule has 0 saturated carbocycles. The largest absolute Gasteiger partial charge is 0.346 e. The number of benzene rings is 1. The third-order valence-electron chi connectivity index (χ3n) is 4.47. The number of aromatic amines is 1. The van der Waals surface area contributed by atoms with E-state index in [2.05, 4.69) is 15.3 Å². The molecule has 1 aromatic heterocycles. The van der Waals surface area contributed by atoms with Gasteiger partial charge in [0.05, 0.1) is 23.3 Å². The quantitative estimate of drug-likeness (QED) is 0.871. The average Bonchev–Trinajstić information content (AvgIpc) is 2.98. The van der Waals surface area contributed by atoms with Crippen LogP contribution in [0.5, 0.6) is 0 Å². The number of amides is 1. The lowest BCUT2D eigenvalue weighted by Gasteiger charge is -2.30. The van der Waals surface area contributed by atoms with E-state index in [1.165, 1.54) is 10.6 Å². The van der Waals surface area contributed by atoms with Crippen molar-refractivity contribution in [3.8, 4) is 0 Å². The van der Waals surface area contributed by atoms with Crippen molar-refractivity contribution in [2.24, 2.45) is 5.92 Å². The molecule has 1 aliphatic rings. The van der Waals surface area contributed by atoms with Gasteiger partial charge in [-0.1, -0.05) is 12.1 Å². The fourth-order valence-electron chi connectivity index (χ4n) is 3.03. The number of imidazole rings is 1. The first-order valence-electron chi connectivity index (χ1n) is 8.05. The fraction of sp³-hybridized carbons (Fsp3) is 0.500. The highest BCUT2D eigenvalue weighted by molar-refractivity contribution is 7.88. The van der Waals surface area contributed by atoms with Crippen LogP contribution in [0.1, 0.15) is 31.6 Å². The number of fused-ring (bicyclic) bond motifs is 1. The second-order valence-electron chi connectivity index (χ2n) is 6.31. The Morgan fingerprint density at radius 1 is 1.33 bits per heavy atom. The van der Waals surface area contributed by atoms with E-state index >= 15 is 0 Å². The van der Waals surface area contributed by atoms with Crippen molar-refractivity contribution in [2.45, 2.75) is 25.8 Å². The highest BCUT2D eigenvalue weighted by atomic mass is 32.2. The fourth-order valence-corrected chi connectivity index (χ4v) is 3.90. The molecule has 1 fully saturated rings. The van der Waals surface area contributed by atoms with Crippen LogP contribution in [0.15, 0.2) is 24.3 Å². The van der Waals surface area contributed by atoms with Crippen LogP contribution < -0.4 is 5.32 Å². The van der Waals surface area contributed by atoms with Crippen molar-refractivity contribution < 1.29 is 13.2 Å². The molecule has 1 atom stereocenters. The van der Waals surface area contributed by atoms with Crippen LogP contribution in [-0.2, 0) is 14.8 Å². The average molecular weight is 350 g/mol. The monoisotopic (exact) mass is 350 g/mol. The van der Waals surface area contributed by atoms with Crippen molar-refractivity contribution in [3.63, 3.8) is 0 Å². The van der Waals surface area contributed by atoms with Gasteiger partial charge in [0.25, 0.3) is 0 Å². The van der Waals surface area contributed by atoms with Crippen LogP contribution in [0.25, 0.3) is 11.0 Å². The zero-order valence-electron chi connectivity index (χ0n) is 13.8. The Balaban J connectivity index is 1.60. The van der Waals surface area contributed by atoms with Crippen molar-refractivity contribution in [2.75, 3.05) is 19.3 Å². The Morgan fingerprint density at radius 3 is 2.62 bits per heavy atom. The molecule has 0 bridgehead atoms. The lowest BCUT2D eigenvalue weighted by molar-refractivity contribution is -0.126. The second kappa shape index (κ2) is 6.52. The molecular formula is C16H22N4O3S. The Hall–Kier alpha value is -1.93. The molecule has 130 valence electrons. The minimum atomic E-state index is -3.17. The Kier molecular flexibility index (Phi) is 4.60. The van der Waals surface area contributed by atoms with Gasteiger partial charge in [-0.3, -0.25) is 4.79 Å². The Labute approximate surface area is 141 Å². The maximum atomic E-state index is 12.4. The number of carbonyl (C=O) groups is 1. The molecule has 1 aliphatic heterocycles. The van der Waals surface area contributed by atoms with Gasteiger partial charge >= 0.3 is 0 Å². The standard InChI is InChI=1S/C16H22N4O3S/c1-11(15-18-13-5-3-4-6-14(13)19-15)17-16(21)12-7-9-20(10-8-12)24(2,22)23/h3-6,11-12H,7-10H2,1-2H3,(H,17,21)(H,18,19). The number of nitrogens with one attached hydrogen (secondary N) is 2. The summed E-state index contributed by atoms with van der Waals surface area (Å²) >= 11 is 0. The molecular weight excluding hydrogens is 328 g/mol. The molecule has 3 rings (SSSR count). The van der Waals surface area contributed by atoms with Crippen molar-refractivity contribution >= 4 is 27.0 Å². The van der Waals surface area contributed by atoms with E-state index in [0.29, 0.717) is 25.9 Å². The van der Waals surface area contributed by atoms with Crippen molar-refractivity contribution in [1.29, 1.82) is 0 Å². The Bertz CT molecular complexity index is 805. The van der Waals surface area contributed by atoms with Crippen molar-refractivity contribution in [1.82, 2.24) is 19.6 Å². The van der Waals surface area contributed by atoms with Gasteiger partial charge in [0.15, 0.2) is 0 Å². The number of carbonyl (C=O) groups excluding carboxylic acids is 1. The van der Waals surface area contributed by atoms with Crippen LogP contribution in [0, 0.1) is 5.92 Å². The molecule has 0 radical (unpaired) electrons. The summed E-state index contributed by atoms with van der Waals surface area (Å²) in [4.78, 5) is 20.1. The van der Waals surface area contributed by atoms with Gasteiger partial charge in [-0.05, 0) is 31.9 Å². The van der Waals surface area contributed by atoms with E-state index in [0.717, 1.165) is 16.9 Å². The normalized spacial score (nSPS) is 18.6. The summed E-state index contributed by atoms with van der Waals surface area (Å²) in [5.41, 5.74) is 1.81. The first kappa shape index (κ1) is 16.9. The van der Waals surface area contributed by atoms with E-state index in [1.54, 1.807) is 0 Å². The predicted octanol–water partition coefficient (Wildman–Crippen LogP) is 1.41. The maximum absolute atomic E-state index is 12.4. The number of para-hydroxylation sites is 2. The zero-order valence-corrected chi connectivity index (χ0v) is 14.6. The number of sulfonamides is 1. The number of aromatic nitrogens is 2. The summed E-state index contributed by atoms with van der Waals surface area (Å²) in [6, 6.07) is 7.50. The van der Waals surface area contributed by atoms with Crippen molar-refractivity contribution in [3.05, 3.63) is 30.1 Å². The number of rotatable bonds is 4. The topological polar surface area (TPSA) is 95.2 Å². The van der Waals surface area contributed by atoms with Crippen LogP contribution >= 0.6 is 0 Å². The SMILES string of the molecule is CC(NC(=O)C1CCN(S(C)(=O)=O)CC1)c1nc2ccccc2[nH]1. The van der Waals surface area contributed by atoms with E-state index in [9.17, 15) is 13.2 Å². The minimum absolute atomic E-state index is 0.0453. The third-order valence-corrected chi connectivity index (χ3v) is 5.77. The van der Waals surface area contributed by atoms with Gasteiger partial charge in [0.2, 0.25) is 15.9 Å². The lowest BCUT2D eigenvalue weighted by Crippen LogP contribution is -2.43. The summed E-state index contributed by atoms with van der Waals surface area (Å²) < 4.78 is 24.5. The maximum Gasteiger partial charge on any atom is 0.223 e. The molecule has 2 heterocycles. The van der Waals surface area contributed by atoms with Crippen LogP contribution in [-0.4, -0.2) is 47.9 Å². The molecule has 7 nitrogen and oxygen atoms in total. The smallest absolute Gasteiger partial charge is 0.223 e. The van der Waals surface area contributed by atoms with Gasteiger partial charge in [-0.15, -0.1) is 0 Å². The molecule has 1 aromatic carbocycles. The Morgan fingerprint density at radius 2 is 2.00 bits per heavy atom. The lowest BCUT2D eigenvalue weighted by atomic mass is 9.97.